The van der Waals surface area contributed by atoms with E-state index in [-0.39, 0.29) is 11.5 Å². The second-order valence-corrected chi connectivity index (χ2v) is 3.42. The van der Waals surface area contributed by atoms with Gasteiger partial charge in [0.05, 0.1) is 5.56 Å². The average Bonchev–Trinajstić information content (AvgIpc) is 2.71. The van der Waals surface area contributed by atoms with E-state index in [9.17, 15) is 8.78 Å². The molecule has 0 unspecified atom stereocenters. The highest BCUT2D eigenvalue weighted by molar-refractivity contribution is 6.17. The van der Waals surface area contributed by atoms with E-state index >= 15 is 0 Å². The van der Waals surface area contributed by atoms with E-state index in [0.717, 1.165) is 6.07 Å². The standard InChI is InChI=1S/C10H7ClF2N2O/c11-5-4-8-14-15-10(16-8)6-2-1-3-7(12)9(6)13/h1-3H,4-5H2. The Bertz CT molecular complexity index is 501. The van der Waals surface area contributed by atoms with Gasteiger partial charge in [-0.2, -0.15) is 0 Å². The van der Waals surface area contributed by atoms with E-state index in [1.165, 1.54) is 12.1 Å². The summed E-state index contributed by atoms with van der Waals surface area (Å²) in [6, 6.07) is 3.77. The van der Waals surface area contributed by atoms with Gasteiger partial charge in [0.15, 0.2) is 11.6 Å². The van der Waals surface area contributed by atoms with Crippen LogP contribution in [-0.2, 0) is 6.42 Å². The van der Waals surface area contributed by atoms with Crippen molar-refractivity contribution in [2.75, 3.05) is 5.88 Å². The fraction of sp³-hybridized carbons (Fsp3) is 0.200. The second-order valence-electron chi connectivity index (χ2n) is 3.04. The summed E-state index contributed by atoms with van der Waals surface area (Å²) in [4.78, 5) is 0. The first kappa shape index (κ1) is 11.0. The van der Waals surface area contributed by atoms with Crippen molar-refractivity contribution < 1.29 is 13.2 Å². The summed E-state index contributed by atoms with van der Waals surface area (Å²) < 4.78 is 31.4. The fourth-order valence-electron chi connectivity index (χ4n) is 1.21. The van der Waals surface area contributed by atoms with E-state index in [0.29, 0.717) is 18.2 Å². The lowest BCUT2D eigenvalue weighted by Gasteiger charge is -1.97. The fourth-order valence-corrected chi connectivity index (χ4v) is 1.37. The Balaban J connectivity index is 2.39. The quantitative estimate of drug-likeness (QED) is 0.780. The monoisotopic (exact) mass is 244 g/mol. The minimum atomic E-state index is -0.997. The van der Waals surface area contributed by atoms with Gasteiger partial charge in [-0.3, -0.25) is 0 Å². The van der Waals surface area contributed by atoms with Gasteiger partial charge in [-0.05, 0) is 12.1 Å². The molecular formula is C10H7ClF2N2O. The van der Waals surface area contributed by atoms with E-state index in [2.05, 4.69) is 10.2 Å². The largest absolute Gasteiger partial charge is 0.421 e. The van der Waals surface area contributed by atoms with Crippen molar-refractivity contribution in [3.8, 4) is 11.5 Å². The summed E-state index contributed by atoms with van der Waals surface area (Å²) in [6.45, 7) is 0. The number of aromatic nitrogens is 2. The minimum absolute atomic E-state index is 0.0443. The van der Waals surface area contributed by atoms with Crippen molar-refractivity contribution in [3.63, 3.8) is 0 Å². The summed E-state index contributed by atoms with van der Waals surface area (Å²) in [7, 11) is 0. The van der Waals surface area contributed by atoms with Gasteiger partial charge >= 0.3 is 0 Å². The lowest BCUT2D eigenvalue weighted by Crippen LogP contribution is -1.88. The maximum Gasteiger partial charge on any atom is 0.250 e. The number of halogens is 3. The van der Waals surface area contributed by atoms with Crippen LogP contribution in [0.1, 0.15) is 5.89 Å². The zero-order valence-electron chi connectivity index (χ0n) is 8.08. The number of rotatable bonds is 3. The first-order valence-corrected chi connectivity index (χ1v) is 5.08. The molecule has 0 spiro atoms. The summed E-state index contributed by atoms with van der Waals surface area (Å²) >= 11 is 5.49. The van der Waals surface area contributed by atoms with Crippen LogP contribution in [0.15, 0.2) is 22.6 Å². The maximum absolute atomic E-state index is 13.4. The van der Waals surface area contributed by atoms with Crippen LogP contribution in [0.5, 0.6) is 0 Å². The average molecular weight is 245 g/mol. The van der Waals surface area contributed by atoms with Crippen molar-refractivity contribution in [2.45, 2.75) is 6.42 Å². The molecule has 2 aromatic rings. The predicted molar refractivity (Wildman–Crippen MR) is 54.1 cm³/mol. The minimum Gasteiger partial charge on any atom is -0.421 e. The molecule has 0 bridgehead atoms. The Kier molecular flexibility index (Phi) is 3.14. The van der Waals surface area contributed by atoms with E-state index < -0.39 is 11.6 Å². The SMILES string of the molecule is Fc1cccc(-c2nnc(CCCl)o2)c1F. The highest BCUT2D eigenvalue weighted by atomic mass is 35.5. The summed E-state index contributed by atoms with van der Waals surface area (Å²) in [5.74, 6) is -1.36. The molecule has 0 N–H and O–H groups in total. The summed E-state index contributed by atoms with van der Waals surface area (Å²) in [5.41, 5.74) is -0.0478. The van der Waals surface area contributed by atoms with Crippen LogP contribution in [0.25, 0.3) is 11.5 Å². The topological polar surface area (TPSA) is 38.9 Å². The molecule has 0 amide bonds. The van der Waals surface area contributed by atoms with Gasteiger partial charge in [-0.1, -0.05) is 6.07 Å². The number of nitrogens with zero attached hydrogens (tertiary/aromatic N) is 2. The van der Waals surface area contributed by atoms with Crippen molar-refractivity contribution in [1.29, 1.82) is 0 Å². The molecule has 2 rings (SSSR count). The third-order valence-electron chi connectivity index (χ3n) is 1.96. The van der Waals surface area contributed by atoms with Crippen LogP contribution in [0.3, 0.4) is 0 Å². The van der Waals surface area contributed by atoms with Crippen molar-refractivity contribution in [3.05, 3.63) is 35.7 Å². The lowest BCUT2D eigenvalue weighted by atomic mass is 10.2. The molecule has 0 aliphatic carbocycles. The molecule has 16 heavy (non-hydrogen) atoms. The van der Waals surface area contributed by atoms with Crippen molar-refractivity contribution >= 4 is 11.6 Å². The van der Waals surface area contributed by atoms with Gasteiger partial charge < -0.3 is 4.42 Å². The molecule has 0 aliphatic heterocycles. The molecule has 3 nitrogen and oxygen atoms in total. The molecule has 1 aromatic carbocycles. The summed E-state index contributed by atoms with van der Waals surface area (Å²) in [5, 5.41) is 7.29. The molecule has 6 heteroatoms. The normalized spacial score (nSPS) is 10.7. The van der Waals surface area contributed by atoms with Gasteiger partial charge in [0.2, 0.25) is 5.89 Å². The second kappa shape index (κ2) is 4.57. The van der Waals surface area contributed by atoms with Crippen LogP contribution in [0.4, 0.5) is 8.78 Å². The zero-order chi connectivity index (χ0) is 11.5. The van der Waals surface area contributed by atoms with Crippen LogP contribution in [0, 0.1) is 11.6 Å². The zero-order valence-corrected chi connectivity index (χ0v) is 8.84. The molecule has 0 radical (unpaired) electrons. The molecular weight excluding hydrogens is 238 g/mol. The Labute approximate surface area is 95.1 Å². The number of aryl methyl sites for hydroxylation is 1. The highest BCUT2D eigenvalue weighted by Gasteiger charge is 2.15. The number of hydrogen-bond acceptors (Lipinski definition) is 3. The smallest absolute Gasteiger partial charge is 0.250 e. The Morgan fingerprint density at radius 2 is 2.06 bits per heavy atom. The molecule has 0 fully saturated rings. The van der Waals surface area contributed by atoms with Crippen LogP contribution in [-0.4, -0.2) is 16.1 Å². The Morgan fingerprint density at radius 1 is 1.25 bits per heavy atom. The molecule has 0 saturated heterocycles. The van der Waals surface area contributed by atoms with Crippen LogP contribution >= 0.6 is 11.6 Å². The van der Waals surface area contributed by atoms with Crippen LogP contribution in [0.2, 0.25) is 0 Å². The molecule has 0 atom stereocenters. The highest BCUT2D eigenvalue weighted by Crippen LogP contribution is 2.23. The van der Waals surface area contributed by atoms with Gasteiger partial charge in [-0.25, -0.2) is 8.78 Å². The van der Waals surface area contributed by atoms with Crippen molar-refractivity contribution in [1.82, 2.24) is 10.2 Å². The van der Waals surface area contributed by atoms with Crippen LogP contribution < -0.4 is 0 Å². The third kappa shape index (κ3) is 2.04. The Morgan fingerprint density at radius 3 is 2.81 bits per heavy atom. The third-order valence-corrected chi connectivity index (χ3v) is 2.15. The predicted octanol–water partition coefficient (Wildman–Crippen LogP) is 2.80. The van der Waals surface area contributed by atoms with Gasteiger partial charge in [-0.15, -0.1) is 21.8 Å². The number of hydrogen-bond donors (Lipinski definition) is 0. The first-order chi connectivity index (χ1) is 7.72. The van der Waals surface area contributed by atoms with Crippen molar-refractivity contribution in [2.24, 2.45) is 0 Å². The summed E-state index contributed by atoms with van der Waals surface area (Å²) in [6.07, 6.45) is 0.394. The molecule has 1 heterocycles. The van der Waals surface area contributed by atoms with Gasteiger partial charge in [0.25, 0.3) is 5.89 Å². The number of benzene rings is 1. The van der Waals surface area contributed by atoms with E-state index in [1.807, 2.05) is 0 Å². The van der Waals surface area contributed by atoms with E-state index in [4.69, 9.17) is 16.0 Å². The molecule has 0 saturated carbocycles. The molecule has 0 aliphatic rings. The molecule has 84 valence electrons. The first-order valence-electron chi connectivity index (χ1n) is 4.55. The molecule has 1 aromatic heterocycles. The maximum atomic E-state index is 13.4. The Hall–Kier alpha value is -1.49. The van der Waals surface area contributed by atoms with E-state index in [1.54, 1.807) is 0 Å². The van der Waals surface area contributed by atoms with Gasteiger partial charge in [0, 0.05) is 12.3 Å². The number of alkyl halides is 1. The van der Waals surface area contributed by atoms with Gasteiger partial charge in [0.1, 0.15) is 0 Å². The lowest BCUT2D eigenvalue weighted by molar-refractivity contribution is 0.490.